The number of aliphatic hydroxyl groups is 1. The van der Waals surface area contributed by atoms with Crippen LogP contribution in [0.4, 0.5) is 5.69 Å². The van der Waals surface area contributed by atoms with Gasteiger partial charge in [0.2, 0.25) is 0 Å². The first-order valence-corrected chi connectivity index (χ1v) is 12.2. The van der Waals surface area contributed by atoms with E-state index in [0.717, 1.165) is 71.5 Å². The quantitative estimate of drug-likeness (QED) is 0.353. The van der Waals surface area contributed by atoms with Gasteiger partial charge in [0, 0.05) is 52.8 Å². The number of benzene rings is 2. The van der Waals surface area contributed by atoms with Crippen LogP contribution in [0.25, 0.3) is 33.4 Å². The molecule has 1 fully saturated rings. The van der Waals surface area contributed by atoms with Gasteiger partial charge in [-0.3, -0.25) is 5.10 Å². The number of aromatic nitrogens is 3. The minimum absolute atomic E-state index is 0.188. The van der Waals surface area contributed by atoms with E-state index in [1.54, 1.807) is 12.1 Å². The van der Waals surface area contributed by atoms with Gasteiger partial charge in [0.1, 0.15) is 5.75 Å². The van der Waals surface area contributed by atoms with Crippen LogP contribution in [0.3, 0.4) is 0 Å². The maximum atomic E-state index is 11.9. The molecule has 2 aromatic carbocycles. The maximum absolute atomic E-state index is 11.9. The van der Waals surface area contributed by atoms with Crippen molar-refractivity contribution in [1.29, 1.82) is 0 Å². The third-order valence-corrected chi connectivity index (χ3v) is 7.28. The topological polar surface area (TPSA) is 115 Å². The molecule has 0 amide bonds. The van der Waals surface area contributed by atoms with Gasteiger partial charge in [-0.05, 0) is 63.2 Å². The van der Waals surface area contributed by atoms with Crippen LogP contribution in [-0.4, -0.2) is 62.5 Å². The molecule has 1 saturated heterocycles. The highest BCUT2D eigenvalue weighted by Crippen LogP contribution is 2.49. The van der Waals surface area contributed by atoms with Gasteiger partial charge in [-0.25, -0.2) is 4.98 Å². The Morgan fingerprint density at radius 3 is 2.69 bits per heavy atom. The van der Waals surface area contributed by atoms with Gasteiger partial charge in [-0.1, -0.05) is 18.2 Å². The lowest BCUT2D eigenvalue weighted by atomic mass is 9.87. The Balaban J connectivity index is 1.47. The van der Waals surface area contributed by atoms with Gasteiger partial charge in [-0.15, -0.1) is 0 Å². The monoisotopic (exact) mass is 470 g/mol. The zero-order valence-electron chi connectivity index (χ0n) is 19.8. The Labute approximate surface area is 204 Å². The van der Waals surface area contributed by atoms with Crippen molar-refractivity contribution < 1.29 is 10.2 Å². The Bertz CT molecular complexity index is 1380. The number of phenols is 1. The third-order valence-electron chi connectivity index (χ3n) is 7.28. The molecule has 1 unspecified atom stereocenters. The smallest absolute Gasteiger partial charge is 0.182 e. The molecule has 2 atom stereocenters. The summed E-state index contributed by atoms with van der Waals surface area (Å²) in [5, 5.41) is 30.2. The van der Waals surface area contributed by atoms with Crippen LogP contribution in [0.2, 0.25) is 0 Å². The molecule has 0 spiro atoms. The van der Waals surface area contributed by atoms with Crippen LogP contribution in [-0.2, 0) is 0 Å². The number of anilines is 1. The summed E-state index contributed by atoms with van der Waals surface area (Å²) in [4.78, 5) is 9.38. The summed E-state index contributed by atoms with van der Waals surface area (Å²) in [6.07, 6.45) is 1.10. The molecule has 2 aliphatic rings. The van der Waals surface area contributed by atoms with E-state index in [1.807, 2.05) is 31.2 Å². The third kappa shape index (κ3) is 3.74. The molecule has 4 heterocycles. The fourth-order valence-electron chi connectivity index (χ4n) is 5.58. The molecule has 180 valence electrons. The molecular formula is C27H30N6O2. The summed E-state index contributed by atoms with van der Waals surface area (Å²) in [7, 11) is 0. The van der Waals surface area contributed by atoms with Gasteiger partial charge >= 0.3 is 0 Å². The molecule has 0 radical (unpaired) electrons. The van der Waals surface area contributed by atoms with E-state index in [-0.39, 0.29) is 11.8 Å². The van der Waals surface area contributed by atoms with Gasteiger partial charge in [0.05, 0.1) is 11.1 Å². The molecular weight excluding hydrogens is 440 g/mol. The predicted octanol–water partition coefficient (Wildman–Crippen LogP) is 3.54. The second kappa shape index (κ2) is 8.64. The van der Waals surface area contributed by atoms with E-state index in [9.17, 15) is 10.2 Å². The number of likely N-dealkylation sites (tertiary alicyclic amines) is 1. The second-order valence-corrected chi connectivity index (χ2v) is 9.63. The number of rotatable bonds is 5. The van der Waals surface area contributed by atoms with Crippen molar-refractivity contribution in [2.75, 3.05) is 31.1 Å². The van der Waals surface area contributed by atoms with Crippen molar-refractivity contribution in [2.24, 2.45) is 5.73 Å². The number of H-pyrrole nitrogens is 1. The van der Waals surface area contributed by atoms with Crippen LogP contribution in [0.5, 0.6) is 5.75 Å². The van der Waals surface area contributed by atoms with Gasteiger partial charge in [0.15, 0.2) is 11.9 Å². The van der Waals surface area contributed by atoms with Gasteiger partial charge < -0.3 is 25.7 Å². The number of aromatic hydroxyl groups is 1. The second-order valence-electron chi connectivity index (χ2n) is 9.63. The minimum atomic E-state index is -0.865. The highest BCUT2D eigenvalue weighted by atomic mass is 16.3. The summed E-state index contributed by atoms with van der Waals surface area (Å²) in [6, 6.07) is 15.5. The number of fused-ring (bicyclic) bond motifs is 5. The number of nitrogens with one attached hydrogen (secondary N) is 1. The fraction of sp³-hybridized carbons (Fsp3) is 0.333. The molecule has 6 rings (SSSR count). The Kier molecular flexibility index (Phi) is 5.44. The van der Waals surface area contributed by atoms with Gasteiger partial charge in [0.25, 0.3) is 0 Å². The number of para-hydroxylation sites is 1. The lowest BCUT2D eigenvalue weighted by Crippen LogP contribution is -2.36. The zero-order chi connectivity index (χ0) is 24.1. The first-order chi connectivity index (χ1) is 17.0. The number of hydrogen-bond donors (Lipinski definition) is 4. The summed E-state index contributed by atoms with van der Waals surface area (Å²) in [5.41, 5.74) is 12.9. The summed E-state index contributed by atoms with van der Waals surface area (Å²) in [6.45, 7) is 5.62. The summed E-state index contributed by atoms with van der Waals surface area (Å²) >= 11 is 0. The van der Waals surface area contributed by atoms with E-state index in [1.165, 1.54) is 0 Å². The number of aryl methyl sites for hydroxylation is 1. The summed E-state index contributed by atoms with van der Waals surface area (Å²) in [5.74, 6) is 0.188. The molecule has 8 nitrogen and oxygen atoms in total. The predicted molar refractivity (Wildman–Crippen MR) is 137 cm³/mol. The van der Waals surface area contributed by atoms with Gasteiger partial charge in [-0.2, -0.15) is 5.10 Å². The number of nitrogens with zero attached hydrogens (tertiary/aromatic N) is 4. The van der Waals surface area contributed by atoms with Crippen molar-refractivity contribution in [3.05, 3.63) is 59.8 Å². The Hall–Kier alpha value is -3.46. The lowest BCUT2D eigenvalue weighted by molar-refractivity contribution is 0.169. The number of hydrogen-bond acceptors (Lipinski definition) is 7. The average molecular weight is 471 g/mol. The van der Waals surface area contributed by atoms with Crippen LogP contribution in [0.1, 0.15) is 30.3 Å². The Morgan fingerprint density at radius 2 is 1.91 bits per heavy atom. The van der Waals surface area contributed by atoms with Crippen molar-refractivity contribution in [1.82, 2.24) is 20.1 Å². The standard InChI is InChI=1S/C27H30N6O2/c1-16-22-23-20-5-2-3-6-21(20)33(13-4-12-32-14-11-18(28)15-32)27(35)24(23)25(29-26(22)31-30-16)17-7-9-19(34)10-8-17/h2-3,5-10,18,27,34-35H,4,11-15,28H2,1H3,(H,29,30,31)/t18-,27?/m1/s1. The fourth-order valence-corrected chi connectivity index (χ4v) is 5.58. The van der Waals surface area contributed by atoms with E-state index < -0.39 is 6.23 Å². The van der Waals surface area contributed by atoms with Crippen LogP contribution >= 0.6 is 0 Å². The van der Waals surface area contributed by atoms with Crippen molar-refractivity contribution >= 4 is 16.7 Å². The number of aromatic amines is 1. The molecule has 0 saturated carbocycles. The largest absolute Gasteiger partial charge is 0.508 e. The first kappa shape index (κ1) is 22.0. The molecule has 4 aromatic rings. The molecule has 0 aliphatic carbocycles. The van der Waals surface area contributed by atoms with Crippen molar-refractivity contribution in [3.63, 3.8) is 0 Å². The summed E-state index contributed by atoms with van der Waals surface area (Å²) < 4.78 is 0. The maximum Gasteiger partial charge on any atom is 0.182 e. The van der Waals surface area contributed by atoms with E-state index in [0.29, 0.717) is 17.9 Å². The highest BCUT2D eigenvalue weighted by Gasteiger charge is 2.35. The van der Waals surface area contributed by atoms with Crippen molar-refractivity contribution in [3.8, 4) is 28.1 Å². The van der Waals surface area contributed by atoms with Crippen LogP contribution in [0.15, 0.2) is 48.5 Å². The van der Waals surface area contributed by atoms with Crippen molar-refractivity contribution in [2.45, 2.75) is 32.0 Å². The normalized spacial score (nSPS) is 19.8. The number of aliphatic hydroxyl groups excluding tert-OH is 1. The number of pyridine rings is 1. The number of phenolic OH excluding ortho intramolecular Hbond substituents is 1. The lowest BCUT2D eigenvalue weighted by Gasteiger charge is -2.38. The molecule has 8 heteroatoms. The van der Waals surface area contributed by atoms with Crippen LogP contribution < -0.4 is 10.6 Å². The zero-order valence-corrected chi connectivity index (χ0v) is 19.8. The Morgan fingerprint density at radius 1 is 1.11 bits per heavy atom. The van der Waals surface area contributed by atoms with E-state index in [2.05, 4.69) is 32.1 Å². The molecule has 35 heavy (non-hydrogen) atoms. The molecule has 2 aliphatic heterocycles. The minimum Gasteiger partial charge on any atom is -0.508 e. The highest BCUT2D eigenvalue weighted by molar-refractivity contribution is 6.04. The first-order valence-electron chi connectivity index (χ1n) is 12.2. The average Bonchev–Trinajstić information content (AvgIpc) is 3.45. The molecule has 5 N–H and O–H groups in total. The van der Waals surface area contributed by atoms with E-state index >= 15 is 0 Å². The van der Waals surface area contributed by atoms with Crippen LogP contribution in [0, 0.1) is 6.92 Å². The molecule has 2 aromatic heterocycles. The SMILES string of the molecule is Cc1[nH]nc2nc(-c3ccc(O)cc3)c3c(c12)-c1ccccc1N(CCCN1CC[C@@H](N)C1)C3O. The molecule has 0 bridgehead atoms. The number of nitrogens with two attached hydrogens (primary N) is 1. The van der Waals surface area contributed by atoms with E-state index in [4.69, 9.17) is 10.7 Å².